The number of piperidine rings is 1. The second-order valence-corrected chi connectivity index (χ2v) is 6.57. The van der Waals surface area contributed by atoms with Gasteiger partial charge in [0.1, 0.15) is 0 Å². The lowest BCUT2D eigenvalue weighted by molar-refractivity contribution is -0.137. The van der Waals surface area contributed by atoms with E-state index in [1.807, 2.05) is 6.92 Å². The van der Waals surface area contributed by atoms with Gasteiger partial charge in [0.15, 0.2) is 0 Å². The van der Waals surface area contributed by atoms with E-state index in [0.717, 1.165) is 31.5 Å². The van der Waals surface area contributed by atoms with Gasteiger partial charge in [-0.3, -0.25) is 4.79 Å². The largest absolute Gasteiger partial charge is 0.416 e. The average Bonchev–Trinajstić information content (AvgIpc) is 2.98. The zero-order chi connectivity index (χ0) is 18.9. The summed E-state index contributed by atoms with van der Waals surface area (Å²) >= 11 is 0. The number of hydrogen-bond acceptors (Lipinski definition) is 3. The Morgan fingerprint density at radius 2 is 2.15 bits per heavy atom. The molecular weight excluding hydrogens is 345 g/mol. The minimum Gasteiger partial charge on any atom is -0.348 e. The molecule has 2 N–H and O–H groups in total. The van der Waals surface area contributed by atoms with Crippen LogP contribution in [0.5, 0.6) is 0 Å². The Labute approximate surface area is 149 Å². The Kier molecular flexibility index (Phi) is 5.04. The van der Waals surface area contributed by atoms with Gasteiger partial charge in [-0.05, 0) is 51.4 Å². The Balaban J connectivity index is 1.83. The summed E-state index contributed by atoms with van der Waals surface area (Å²) < 4.78 is 40.1. The van der Waals surface area contributed by atoms with Gasteiger partial charge in [0, 0.05) is 12.1 Å². The number of hydrogen-bond donors (Lipinski definition) is 2. The van der Waals surface area contributed by atoms with Crippen molar-refractivity contribution in [1.29, 1.82) is 0 Å². The first-order valence-electron chi connectivity index (χ1n) is 8.54. The highest BCUT2D eigenvalue weighted by Crippen LogP contribution is 2.30. The molecule has 0 radical (unpaired) electrons. The molecule has 0 bridgehead atoms. The lowest BCUT2D eigenvalue weighted by Crippen LogP contribution is -2.51. The molecule has 5 nitrogen and oxygen atoms in total. The number of carbonyl (C=O) groups is 1. The molecule has 1 aromatic heterocycles. The van der Waals surface area contributed by atoms with Crippen molar-refractivity contribution in [2.24, 2.45) is 0 Å². The fourth-order valence-corrected chi connectivity index (χ4v) is 3.19. The number of alkyl halides is 3. The zero-order valence-electron chi connectivity index (χ0n) is 14.6. The van der Waals surface area contributed by atoms with Crippen LogP contribution in [-0.4, -0.2) is 34.3 Å². The fraction of sp³-hybridized carbons (Fsp3) is 0.444. The highest BCUT2D eigenvalue weighted by atomic mass is 19.4. The van der Waals surface area contributed by atoms with E-state index < -0.39 is 11.7 Å². The van der Waals surface area contributed by atoms with Crippen molar-refractivity contribution < 1.29 is 18.0 Å². The number of nitrogens with one attached hydrogen (secondary N) is 2. The van der Waals surface area contributed by atoms with Gasteiger partial charge in [-0.25, -0.2) is 4.68 Å². The van der Waals surface area contributed by atoms with Gasteiger partial charge >= 0.3 is 6.18 Å². The lowest BCUT2D eigenvalue weighted by Gasteiger charge is -2.30. The van der Waals surface area contributed by atoms with E-state index in [0.29, 0.717) is 11.3 Å². The molecule has 0 aliphatic carbocycles. The van der Waals surface area contributed by atoms with E-state index >= 15 is 0 Å². The predicted octanol–water partition coefficient (Wildman–Crippen LogP) is 3.07. The summed E-state index contributed by atoms with van der Waals surface area (Å²) in [6.45, 7) is 4.62. The quantitative estimate of drug-likeness (QED) is 0.878. The molecule has 8 heteroatoms. The molecule has 3 rings (SSSR count). The standard InChI is InChI=1S/C18H21F3N4O/c1-11-16(7-4-8-22-11)24-17(26)15-10-23-25(12(15)2)14-6-3-5-13(9-14)18(19,20)21/h3,5-6,9-11,16,22H,4,7-8H2,1-2H3,(H,24,26). The van der Waals surface area contributed by atoms with Crippen LogP contribution in [0.25, 0.3) is 5.69 Å². The Bertz CT molecular complexity index is 800. The molecule has 26 heavy (non-hydrogen) atoms. The minimum absolute atomic E-state index is 0.0209. The van der Waals surface area contributed by atoms with E-state index in [2.05, 4.69) is 15.7 Å². The van der Waals surface area contributed by atoms with E-state index in [1.165, 1.54) is 23.0 Å². The average molecular weight is 366 g/mol. The molecule has 1 saturated heterocycles. The molecule has 0 saturated carbocycles. The van der Waals surface area contributed by atoms with Crippen molar-refractivity contribution in [3.05, 3.63) is 47.3 Å². The number of halogens is 3. The highest BCUT2D eigenvalue weighted by Gasteiger charge is 2.31. The molecule has 2 unspecified atom stereocenters. The third-order valence-corrected chi connectivity index (χ3v) is 4.75. The number of benzene rings is 1. The molecule has 2 aromatic rings. The molecule has 140 valence electrons. The number of rotatable bonds is 3. The van der Waals surface area contributed by atoms with Crippen molar-refractivity contribution in [2.45, 2.75) is 44.9 Å². The first-order valence-corrected chi connectivity index (χ1v) is 8.54. The van der Waals surface area contributed by atoms with Gasteiger partial charge in [-0.1, -0.05) is 6.07 Å². The van der Waals surface area contributed by atoms with E-state index in [9.17, 15) is 18.0 Å². The van der Waals surface area contributed by atoms with Gasteiger partial charge in [0.2, 0.25) is 0 Å². The summed E-state index contributed by atoms with van der Waals surface area (Å²) in [6, 6.07) is 5.08. The van der Waals surface area contributed by atoms with Gasteiger partial charge in [-0.15, -0.1) is 0 Å². The van der Waals surface area contributed by atoms with Crippen molar-refractivity contribution in [3.8, 4) is 5.69 Å². The van der Waals surface area contributed by atoms with Crippen LogP contribution < -0.4 is 10.6 Å². The maximum absolute atomic E-state index is 12.9. The first kappa shape index (κ1) is 18.4. The molecule has 2 atom stereocenters. The third-order valence-electron chi connectivity index (χ3n) is 4.75. The number of amides is 1. The second kappa shape index (κ2) is 7.11. The molecule has 1 aromatic carbocycles. The fourth-order valence-electron chi connectivity index (χ4n) is 3.19. The Morgan fingerprint density at radius 1 is 1.38 bits per heavy atom. The maximum Gasteiger partial charge on any atom is 0.416 e. The van der Waals surface area contributed by atoms with Crippen LogP contribution >= 0.6 is 0 Å². The van der Waals surface area contributed by atoms with Crippen molar-refractivity contribution in [2.75, 3.05) is 6.54 Å². The van der Waals surface area contributed by atoms with E-state index in [1.54, 1.807) is 6.92 Å². The molecule has 0 spiro atoms. The normalized spacial score (nSPS) is 20.8. The summed E-state index contributed by atoms with van der Waals surface area (Å²) in [5, 5.41) is 10.4. The van der Waals surface area contributed by atoms with Crippen LogP contribution in [0, 0.1) is 6.92 Å². The van der Waals surface area contributed by atoms with Crippen LogP contribution in [0.1, 0.15) is 41.4 Å². The highest BCUT2D eigenvalue weighted by molar-refractivity contribution is 5.95. The topological polar surface area (TPSA) is 59.0 Å². The molecule has 1 aliphatic heterocycles. The Hall–Kier alpha value is -2.35. The summed E-state index contributed by atoms with van der Waals surface area (Å²) in [5.74, 6) is -0.263. The summed E-state index contributed by atoms with van der Waals surface area (Å²) in [5.41, 5.74) is 0.375. The number of nitrogens with zero attached hydrogens (tertiary/aromatic N) is 2. The van der Waals surface area contributed by atoms with Gasteiger partial charge in [0.25, 0.3) is 5.91 Å². The maximum atomic E-state index is 12.9. The van der Waals surface area contributed by atoms with Crippen LogP contribution in [0.3, 0.4) is 0 Å². The zero-order valence-corrected chi connectivity index (χ0v) is 14.6. The molecule has 2 heterocycles. The van der Waals surface area contributed by atoms with Gasteiger partial charge in [0.05, 0.1) is 28.7 Å². The van der Waals surface area contributed by atoms with E-state index in [4.69, 9.17) is 0 Å². The van der Waals surface area contributed by atoms with Crippen molar-refractivity contribution in [3.63, 3.8) is 0 Å². The second-order valence-electron chi connectivity index (χ2n) is 6.57. The lowest BCUT2D eigenvalue weighted by atomic mass is 9.99. The summed E-state index contributed by atoms with van der Waals surface area (Å²) in [6.07, 6.45) is -1.16. The predicted molar refractivity (Wildman–Crippen MR) is 91.3 cm³/mol. The SMILES string of the molecule is Cc1c(C(=O)NC2CCCNC2C)cnn1-c1cccc(C(F)(F)F)c1. The minimum atomic E-state index is -4.43. The number of carbonyl (C=O) groups excluding carboxylic acids is 1. The molecule has 1 amide bonds. The van der Waals surface area contributed by atoms with Crippen LogP contribution in [0.4, 0.5) is 13.2 Å². The Morgan fingerprint density at radius 3 is 2.85 bits per heavy atom. The van der Waals surface area contributed by atoms with Gasteiger partial charge < -0.3 is 10.6 Å². The van der Waals surface area contributed by atoms with Crippen LogP contribution in [0.2, 0.25) is 0 Å². The van der Waals surface area contributed by atoms with Crippen molar-refractivity contribution in [1.82, 2.24) is 20.4 Å². The molecule has 1 aliphatic rings. The summed E-state index contributed by atoms with van der Waals surface area (Å²) in [7, 11) is 0. The summed E-state index contributed by atoms with van der Waals surface area (Å²) in [4.78, 5) is 12.6. The first-order chi connectivity index (χ1) is 12.3. The number of aromatic nitrogens is 2. The monoisotopic (exact) mass is 366 g/mol. The molecular formula is C18H21F3N4O. The van der Waals surface area contributed by atoms with E-state index in [-0.39, 0.29) is 23.7 Å². The van der Waals surface area contributed by atoms with Gasteiger partial charge in [-0.2, -0.15) is 18.3 Å². The van der Waals surface area contributed by atoms with Crippen LogP contribution in [0.15, 0.2) is 30.5 Å². The smallest absolute Gasteiger partial charge is 0.348 e. The van der Waals surface area contributed by atoms with Crippen LogP contribution in [-0.2, 0) is 6.18 Å². The third kappa shape index (κ3) is 3.75. The van der Waals surface area contributed by atoms with Crippen molar-refractivity contribution >= 4 is 5.91 Å². The molecule has 1 fully saturated rings.